The minimum absolute atomic E-state index is 0.0674. The Morgan fingerprint density at radius 2 is 2.20 bits per heavy atom. The smallest absolute Gasteiger partial charge is 0.257 e. The molecule has 0 aliphatic heterocycles. The molecule has 6 heteroatoms. The number of rotatable bonds is 4. The quantitative estimate of drug-likeness (QED) is 0.907. The van der Waals surface area contributed by atoms with Crippen molar-refractivity contribution in [3.8, 4) is 11.5 Å². The highest BCUT2D eigenvalue weighted by molar-refractivity contribution is 7.14. The van der Waals surface area contributed by atoms with E-state index in [4.69, 9.17) is 4.74 Å². The van der Waals surface area contributed by atoms with Gasteiger partial charge in [0.05, 0.1) is 12.8 Å². The lowest BCUT2D eigenvalue weighted by Crippen LogP contribution is -2.11. The lowest BCUT2D eigenvalue weighted by molar-refractivity contribution is 0.102. The number of ether oxygens (including phenoxy) is 1. The van der Waals surface area contributed by atoms with E-state index in [9.17, 15) is 9.90 Å². The SMILES string of the molecule is COc1ccc(C(=O)Nc2nc(C(C)C)cs2)cc1O. The van der Waals surface area contributed by atoms with Crippen molar-refractivity contribution in [1.29, 1.82) is 0 Å². The Labute approximate surface area is 121 Å². The number of hydrogen-bond donors (Lipinski definition) is 2. The van der Waals surface area contributed by atoms with Gasteiger partial charge >= 0.3 is 0 Å². The lowest BCUT2D eigenvalue weighted by atomic mass is 10.2. The number of phenols is 1. The summed E-state index contributed by atoms with van der Waals surface area (Å²) < 4.78 is 4.94. The second kappa shape index (κ2) is 5.92. The summed E-state index contributed by atoms with van der Waals surface area (Å²) in [5, 5.41) is 14.9. The van der Waals surface area contributed by atoms with Crippen molar-refractivity contribution in [1.82, 2.24) is 4.98 Å². The van der Waals surface area contributed by atoms with Gasteiger partial charge in [-0.1, -0.05) is 13.8 Å². The van der Waals surface area contributed by atoms with Gasteiger partial charge in [0.1, 0.15) is 0 Å². The summed E-state index contributed by atoms with van der Waals surface area (Å²) in [5.41, 5.74) is 1.30. The molecule has 0 spiro atoms. The van der Waals surface area contributed by atoms with Gasteiger partial charge in [-0.15, -0.1) is 11.3 Å². The number of hydrogen-bond acceptors (Lipinski definition) is 5. The topological polar surface area (TPSA) is 71.5 Å². The maximum Gasteiger partial charge on any atom is 0.257 e. The van der Waals surface area contributed by atoms with E-state index < -0.39 is 0 Å². The van der Waals surface area contributed by atoms with Gasteiger partial charge in [0.15, 0.2) is 16.6 Å². The highest BCUT2D eigenvalue weighted by atomic mass is 32.1. The van der Waals surface area contributed by atoms with E-state index in [0.717, 1.165) is 5.69 Å². The summed E-state index contributed by atoms with van der Waals surface area (Å²) in [7, 11) is 1.46. The first-order valence-corrected chi connectivity index (χ1v) is 7.03. The predicted molar refractivity (Wildman–Crippen MR) is 78.8 cm³/mol. The molecule has 1 aromatic carbocycles. The third-order valence-corrected chi connectivity index (χ3v) is 3.55. The molecule has 1 aromatic heterocycles. The number of aromatic hydroxyl groups is 1. The molecule has 0 radical (unpaired) electrons. The number of amides is 1. The third kappa shape index (κ3) is 3.08. The molecular weight excluding hydrogens is 276 g/mol. The number of phenolic OH excluding ortho intramolecular Hbond substituents is 1. The molecule has 2 aromatic rings. The van der Waals surface area contributed by atoms with Crippen molar-refractivity contribution in [3.05, 3.63) is 34.8 Å². The minimum Gasteiger partial charge on any atom is -0.504 e. The van der Waals surface area contributed by atoms with E-state index in [1.54, 1.807) is 12.1 Å². The summed E-state index contributed by atoms with van der Waals surface area (Å²) in [6.07, 6.45) is 0. The average molecular weight is 292 g/mol. The van der Waals surface area contributed by atoms with Gasteiger partial charge in [-0.05, 0) is 24.1 Å². The van der Waals surface area contributed by atoms with E-state index >= 15 is 0 Å². The molecule has 5 nitrogen and oxygen atoms in total. The molecular formula is C14H16N2O3S. The van der Waals surface area contributed by atoms with Crippen LogP contribution in [0.3, 0.4) is 0 Å². The van der Waals surface area contributed by atoms with Crippen LogP contribution in [0.1, 0.15) is 35.8 Å². The highest BCUT2D eigenvalue weighted by Gasteiger charge is 2.12. The zero-order valence-electron chi connectivity index (χ0n) is 11.5. The van der Waals surface area contributed by atoms with Crippen LogP contribution < -0.4 is 10.1 Å². The Morgan fingerprint density at radius 3 is 2.75 bits per heavy atom. The van der Waals surface area contributed by atoms with E-state index in [-0.39, 0.29) is 11.7 Å². The van der Waals surface area contributed by atoms with Crippen molar-refractivity contribution in [2.75, 3.05) is 12.4 Å². The Morgan fingerprint density at radius 1 is 1.45 bits per heavy atom. The molecule has 0 unspecified atom stereocenters. The molecule has 2 N–H and O–H groups in total. The predicted octanol–water partition coefficient (Wildman–Crippen LogP) is 3.23. The first-order valence-electron chi connectivity index (χ1n) is 6.15. The molecule has 0 aliphatic rings. The zero-order chi connectivity index (χ0) is 14.7. The van der Waals surface area contributed by atoms with Gasteiger partial charge in [-0.3, -0.25) is 10.1 Å². The molecule has 20 heavy (non-hydrogen) atoms. The number of aromatic nitrogens is 1. The zero-order valence-corrected chi connectivity index (χ0v) is 12.3. The van der Waals surface area contributed by atoms with E-state index in [1.165, 1.54) is 24.5 Å². The van der Waals surface area contributed by atoms with Gasteiger partial charge in [0.2, 0.25) is 0 Å². The van der Waals surface area contributed by atoms with Crippen LogP contribution in [0, 0.1) is 0 Å². The number of thiazole rings is 1. The lowest BCUT2D eigenvalue weighted by Gasteiger charge is -2.06. The number of methoxy groups -OCH3 is 1. The van der Waals surface area contributed by atoms with Crippen LogP contribution in [0.5, 0.6) is 11.5 Å². The fraction of sp³-hybridized carbons (Fsp3) is 0.286. The van der Waals surface area contributed by atoms with E-state index in [1.807, 2.05) is 19.2 Å². The van der Waals surface area contributed by atoms with Crippen molar-refractivity contribution >= 4 is 22.4 Å². The maximum atomic E-state index is 12.0. The Kier molecular flexibility index (Phi) is 4.24. The molecule has 1 heterocycles. The van der Waals surface area contributed by atoms with Crippen molar-refractivity contribution in [2.24, 2.45) is 0 Å². The van der Waals surface area contributed by atoms with Crippen molar-refractivity contribution in [2.45, 2.75) is 19.8 Å². The molecule has 1 amide bonds. The van der Waals surface area contributed by atoms with Gasteiger partial charge in [-0.2, -0.15) is 0 Å². The second-order valence-corrected chi connectivity index (χ2v) is 5.43. The normalized spacial score (nSPS) is 10.6. The number of carbonyl (C=O) groups is 1. The fourth-order valence-corrected chi connectivity index (χ4v) is 2.48. The summed E-state index contributed by atoms with van der Waals surface area (Å²) in [5.74, 6) is 0.273. The first-order chi connectivity index (χ1) is 9.51. The van der Waals surface area contributed by atoms with Crippen LogP contribution in [0.25, 0.3) is 0 Å². The standard InChI is InChI=1S/C14H16N2O3S/c1-8(2)10-7-20-14(15-10)16-13(18)9-4-5-12(19-3)11(17)6-9/h4-8,17H,1-3H3,(H,15,16,18). The number of nitrogens with zero attached hydrogens (tertiary/aromatic N) is 1. The van der Waals surface area contributed by atoms with Crippen molar-refractivity contribution < 1.29 is 14.6 Å². The molecule has 0 atom stereocenters. The van der Waals surface area contributed by atoms with Crippen LogP contribution in [0.2, 0.25) is 0 Å². The molecule has 0 aliphatic carbocycles. The van der Waals surface area contributed by atoms with Crippen LogP contribution in [0.15, 0.2) is 23.6 Å². The second-order valence-electron chi connectivity index (χ2n) is 4.57. The molecule has 0 fully saturated rings. The molecule has 0 bridgehead atoms. The Bertz CT molecular complexity index is 623. The maximum absolute atomic E-state index is 12.0. The largest absolute Gasteiger partial charge is 0.504 e. The first kappa shape index (κ1) is 14.3. The molecule has 106 valence electrons. The van der Waals surface area contributed by atoms with Crippen LogP contribution >= 0.6 is 11.3 Å². The van der Waals surface area contributed by atoms with Gasteiger partial charge in [0, 0.05) is 10.9 Å². The fourth-order valence-electron chi connectivity index (χ4n) is 1.61. The van der Waals surface area contributed by atoms with Gasteiger partial charge in [0.25, 0.3) is 5.91 Å². The van der Waals surface area contributed by atoms with Gasteiger partial charge in [-0.25, -0.2) is 4.98 Å². The molecule has 0 saturated heterocycles. The number of carbonyl (C=O) groups excluding carboxylic acids is 1. The Balaban J connectivity index is 2.13. The number of benzene rings is 1. The summed E-state index contributed by atoms with van der Waals surface area (Å²) >= 11 is 1.38. The van der Waals surface area contributed by atoms with Crippen LogP contribution in [-0.2, 0) is 0 Å². The van der Waals surface area contributed by atoms with Crippen LogP contribution in [-0.4, -0.2) is 23.1 Å². The van der Waals surface area contributed by atoms with Gasteiger partial charge < -0.3 is 9.84 Å². The Hall–Kier alpha value is -2.08. The van der Waals surface area contributed by atoms with E-state index in [0.29, 0.717) is 22.4 Å². The van der Waals surface area contributed by atoms with Crippen molar-refractivity contribution in [3.63, 3.8) is 0 Å². The third-order valence-electron chi connectivity index (χ3n) is 2.77. The average Bonchev–Trinajstić information content (AvgIpc) is 2.87. The van der Waals surface area contributed by atoms with E-state index in [2.05, 4.69) is 10.3 Å². The molecule has 0 saturated carbocycles. The number of anilines is 1. The summed E-state index contributed by atoms with van der Waals surface area (Å²) in [4.78, 5) is 16.4. The minimum atomic E-state index is -0.312. The summed E-state index contributed by atoms with van der Waals surface area (Å²) in [6.45, 7) is 4.09. The number of nitrogens with one attached hydrogen (secondary N) is 1. The highest BCUT2D eigenvalue weighted by Crippen LogP contribution is 2.27. The molecule has 2 rings (SSSR count). The van der Waals surface area contributed by atoms with Crippen LogP contribution in [0.4, 0.5) is 5.13 Å². The monoisotopic (exact) mass is 292 g/mol. The summed E-state index contributed by atoms with van der Waals surface area (Å²) in [6, 6.07) is 4.50.